The molecular formula is C17H30N4O4. The molecule has 8 heteroatoms. The van der Waals surface area contributed by atoms with Crippen LogP contribution in [-0.2, 0) is 14.4 Å². The van der Waals surface area contributed by atoms with Crippen LogP contribution in [0.25, 0.3) is 0 Å². The average molecular weight is 354 g/mol. The Bertz CT molecular complexity index is 479. The van der Waals surface area contributed by atoms with Gasteiger partial charge in [-0.15, -0.1) is 0 Å². The van der Waals surface area contributed by atoms with Gasteiger partial charge >= 0.3 is 5.97 Å². The number of nitrogens with one attached hydrogen (secondary N) is 2. The van der Waals surface area contributed by atoms with E-state index in [4.69, 9.17) is 10.8 Å². The standard InChI is InChI=1S/C17H30N4O4/c18-14(10-16(23)24)20-17(25)13-2-1-9-21(11-13)15(22)4-3-12-5-7-19-8-6-12/h12-14,19H,1-11,18H2,(H,20,25)(H,23,24)/t13-,14+/m1/s1. The first-order chi connectivity index (χ1) is 12.0. The first-order valence-electron chi connectivity index (χ1n) is 9.22. The second-order valence-electron chi connectivity index (χ2n) is 7.12. The minimum absolute atomic E-state index is 0.117. The van der Waals surface area contributed by atoms with Gasteiger partial charge in [-0.1, -0.05) is 0 Å². The number of carboxylic acids is 1. The molecule has 0 spiro atoms. The zero-order valence-electron chi connectivity index (χ0n) is 14.7. The van der Waals surface area contributed by atoms with Gasteiger partial charge in [0.1, 0.15) is 0 Å². The molecule has 0 aromatic carbocycles. The van der Waals surface area contributed by atoms with E-state index < -0.39 is 12.1 Å². The van der Waals surface area contributed by atoms with Crippen LogP contribution >= 0.6 is 0 Å². The number of nitrogens with two attached hydrogens (primary N) is 1. The zero-order valence-corrected chi connectivity index (χ0v) is 14.7. The van der Waals surface area contributed by atoms with E-state index in [9.17, 15) is 14.4 Å². The Balaban J connectivity index is 1.75. The molecule has 2 aliphatic rings. The van der Waals surface area contributed by atoms with Crippen molar-refractivity contribution < 1.29 is 19.5 Å². The van der Waals surface area contributed by atoms with Crippen LogP contribution in [-0.4, -0.2) is 60.1 Å². The maximum Gasteiger partial charge on any atom is 0.306 e. The summed E-state index contributed by atoms with van der Waals surface area (Å²) in [6.45, 7) is 3.15. The average Bonchev–Trinajstić information content (AvgIpc) is 2.60. The van der Waals surface area contributed by atoms with Crippen molar-refractivity contribution in [1.29, 1.82) is 0 Å². The third-order valence-corrected chi connectivity index (χ3v) is 5.09. The van der Waals surface area contributed by atoms with Gasteiger partial charge in [0, 0.05) is 19.5 Å². The van der Waals surface area contributed by atoms with Crippen molar-refractivity contribution in [3.8, 4) is 0 Å². The summed E-state index contributed by atoms with van der Waals surface area (Å²) in [7, 11) is 0. The van der Waals surface area contributed by atoms with Crippen molar-refractivity contribution in [2.75, 3.05) is 26.2 Å². The van der Waals surface area contributed by atoms with E-state index >= 15 is 0 Å². The molecule has 2 rings (SSSR count). The van der Waals surface area contributed by atoms with Crippen molar-refractivity contribution in [3.05, 3.63) is 0 Å². The molecule has 0 unspecified atom stereocenters. The highest BCUT2D eigenvalue weighted by atomic mass is 16.4. The van der Waals surface area contributed by atoms with E-state index in [-0.39, 0.29) is 24.2 Å². The molecule has 8 nitrogen and oxygen atoms in total. The SMILES string of the molecule is N[C@H](CC(=O)O)NC(=O)[C@@H]1CCCN(C(=O)CCC2CCNCC2)C1. The van der Waals surface area contributed by atoms with Gasteiger partial charge in [-0.05, 0) is 51.1 Å². The fraction of sp³-hybridized carbons (Fsp3) is 0.824. The highest BCUT2D eigenvalue weighted by Gasteiger charge is 2.29. The fourth-order valence-corrected chi connectivity index (χ4v) is 3.61. The molecule has 0 aromatic rings. The van der Waals surface area contributed by atoms with E-state index in [1.54, 1.807) is 4.90 Å². The van der Waals surface area contributed by atoms with Gasteiger partial charge in [0.2, 0.25) is 11.8 Å². The second kappa shape index (κ2) is 9.72. The molecule has 2 saturated heterocycles. The number of nitrogens with zero attached hydrogens (tertiary/aromatic N) is 1. The number of piperidine rings is 2. The molecule has 0 aliphatic carbocycles. The van der Waals surface area contributed by atoms with Crippen molar-refractivity contribution in [2.45, 2.75) is 51.1 Å². The first-order valence-corrected chi connectivity index (χ1v) is 9.22. The molecule has 0 aromatic heterocycles. The Morgan fingerprint density at radius 2 is 1.96 bits per heavy atom. The topological polar surface area (TPSA) is 125 Å². The van der Waals surface area contributed by atoms with E-state index in [2.05, 4.69) is 10.6 Å². The maximum atomic E-state index is 12.5. The minimum Gasteiger partial charge on any atom is -0.481 e. The Hall–Kier alpha value is -1.67. The lowest BCUT2D eigenvalue weighted by molar-refractivity contribution is -0.137. The van der Waals surface area contributed by atoms with Crippen LogP contribution in [0.1, 0.15) is 44.9 Å². The maximum absolute atomic E-state index is 12.5. The van der Waals surface area contributed by atoms with Crippen LogP contribution in [0.5, 0.6) is 0 Å². The van der Waals surface area contributed by atoms with Gasteiger partial charge in [-0.25, -0.2) is 0 Å². The van der Waals surface area contributed by atoms with Crippen molar-refractivity contribution >= 4 is 17.8 Å². The number of carbonyl (C=O) groups is 3. The summed E-state index contributed by atoms with van der Waals surface area (Å²) in [4.78, 5) is 37.1. The van der Waals surface area contributed by atoms with Gasteiger partial charge < -0.3 is 26.4 Å². The van der Waals surface area contributed by atoms with E-state index in [0.717, 1.165) is 38.8 Å². The lowest BCUT2D eigenvalue weighted by Gasteiger charge is -2.33. The fourth-order valence-electron chi connectivity index (χ4n) is 3.61. The molecule has 2 heterocycles. The van der Waals surface area contributed by atoms with Gasteiger partial charge in [-0.2, -0.15) is 0 Å². The molecule has 0 saturated carbocycles. The van der Waals surface area contributed by atoms with Crippen LogP contribution in [0.15, 0.2) is 0 Å². The number of carbonyl (C=O) groups excluding carboxylic acids is 2. The normalized spacial score (nSPS) is 23.1. The predicted octanol–water partition coefficient (Wildman–Crippen LogP) is -0.119. The molecule has 2 amide bonds. The van der Waals surface area contributed by atoms with Gasteiger partial charge in [0.25, 0.3) is 0 Å². The molecule has 2 fully saturated rings. The molecule has 2 atom stereocenters. The lowest BCUT2D eigenvalue weighted by atomic mass is 9.92. The van der Waals surface area contributed by atoms with E-state index in [1.165, 1.54) is 0 Å². The molecular weight excluding hydrogens is 324 g/mol. The highest BCUT2D eigenvalue weighted by molar-refractivity contribution is 5.82. The summed E-state index contributed by atoms with van der Waals surface area (Å²) in [5, 5.41) is 14.6. The Labute approximate surface area is 148 Å². The first kappa shape index (κ1) is 19.7. The van der Waals surface area contributed by atoms with Gasteiger partial charge in [0.05, 0.1) is 18.5 Å². The number of hydrogen-bond acceptors (Lipinski definition) is 5. The Morgan fingerprint density at radius 3 is 2.64 bits per heavy atom. The molecule has 0 bridgehead atoms. The van der Waals surface area contributed by atoms with Crippen LogP contribution in [0, 0.1) is 11.8 Å². The van der Waals surface area contributed by atoms with E-state index in [1.807, 2.05) is 0 Å². The molecule has 0 radical (unpaired) electrons. The second-order valence-corrected chi connectivity index (χ2v) is 7.12. The summed E-state index contributed by atoms with van der Waals surface area (Å²) in [5.41, 5.74) is 5.61. The smallest absolute Gasteiger partial charge is 0.306 e. The van der Waals surface area contributed by atoms with Gasteiger partial charge in [0.15, 0.2) is 0 Å². The highest BCUT2D eigenvalue weighted by Crippen LogP contribution is 2.21. The number of amides is 2. The zero-order chi connectivity index (χ0) is 18.2. The molecule has 5 N–H and O–H groups in total. The van der Waals surface area contributed by atoms with Crippen molar-refractivity contribution in [1.82, 2.24) is 15.5 Å². The summed E-state index contributed by atoms with van der Waals surface area (Å²) < 4.78 is 0. The van der Waals surface area contributed by atoms with Crippen molar-refractivity contribution in [2.24, 2.45) is 17.6 Å². The van der Waals surface area contributed by atoms with Crippen LogP contribution in [0.3, 0.4) is 0 Å². The number of hydrogen-bond donors (Lipinski definition) is 4. The van der Waals surface area contributed by atoms with Crippen molar-refractivity contribution in [3.63, 3.8) is 0 Å². The number of rotatable bonds is 7. The van der Waals surface area contributed by atoms with Gasteiger partial charge in [-0.3, -0.25) is 14.4 Å². The molecule has 142 valence electrons. The minimum atomic E-state index is -1.05. The lowest BCUT2D eigenvalue weighted by Crippen LogP contribution is -2.50. The number of likely N-dealkylation sites (tertiary alicyclic amines) is 1. The number of carboxylic acid groups (broad SMARTS) is 1. The summed E-state index contributed by atoms with van der Waals surface area (Å²) in [5.74, 6) is -0.888. The summed E-state index contributed by atoms with van der Waals surface area (Å²) >= 11 is 0. The van der Waals surface area contributed by atoms with Crippen LogP contribution in [0.4, 0.5) is 0 Å². The predicted molar refractivity (Wildman–Crippen MR) is 92.5 cm³/mol. The largest absolute Gasteiger partial charge is 0.481 e. The van der Waals surface area contributed by atoms with Crippen LogP contribution in [0.2, 0.25) is 0 Å². The number of aliphatic carboxylic acids is 1. The molecule has 25 heavy (non-hydrogen) atoms. The Morgan fingerprint density at radius 1 is 1.24 bits per heavy atom. The van der Waals surface area contributed by atoms with E-state index in [0.29, 0.717) is 31.8 Å². The Kier molecular flexibility index (Phi) is 7.64. The summed E-state index contributed by atoms with van der Waals surface area (Å²) in [6, 6.07) is 0. The quantitative estimate of drug-likeness (QED) is 0.473. The van der Waals surface area contributed by atoms with Crippen LogP contribution < -0.4 is 16.4 Å². The third-order valence-electron chi connectivity index (χ3n) is 5.09. The summed E-state index contributed by atoms with van der Waals surface area (Å²) in [6.07, 6.45) is 3.98. The monoisotopic (exact) mass is 354 g/mol. The third kappa shape index (κ3) is 6.62. The molecule has 2 aliphatic heterocycles.